The quantitative estimate of drug-likeness (QED) is 0.559. The molecule has 1 fully saturated rings. The van der Waals surface area contributed by atoms with Gasteiger partial charge in [-0.2, -0.15) is 0 Å². The zero-order valence-corrected chi connectivity index (χ0v) is 18.1. The van der Waals surface area contributed by atoms with E-state index in [0.29, 0.717) is 17.4 Å². The van der Waals surface area contributed by atoms with Crippen LogP contribution >= 0.6 is 0 Å². The maximum Gasteiger partial charge on any atom is 0.335 e. The molecule has 2 aliphatic carbocycles. The van der Waals surface area contributed by atoms with Crippen LogP contribution in [0.1, 0.15) is 45.1 Å². The van der Waals surface area contributed by atoms with Crippen LogP contribution in [0.5, 0.6) is 5.75 Å². The van der Waals surface area contributed by atoms with E-state index in [2.05, 4.69) is 43.3 Å². The summed E-state index contributed by atoms with van der Waals surface area (Å²) in [5, 5.41) is 9.11. The Bertz CT molecular complexity index is 1130. The molecule has 0 aliphatic heterocycles. The normalized spacial score (nSPS) is 23.2. The standard InChI is InChI=1S/C28H28O3/c1-28-23(16-21-6-3-4-9-25(21)31-2)24(28)17-22-8-5-7-19(26(22)28)13-10-18-11-14-20(15-12-18)27(29)30/h3-9,11-12,14-15,23-24H,10,13,16-17H2,1-2H3,(H,29,30). The van der Waals surface area contributed by atoms with Crippen molar-refractivity contribution in [2.45, 2.75) is 38.0 Å². The summed E-state index contributed by atoms with van der Waals surface area (Å²) in [5.74, 6) is 1.49. The van der Waals surface area contributed by atoms with Gasteiger partial charge in [0, 0.05) is 0 Å². The smallest absolute Gasteiger partial charge is 0.335 e. The summed E-state index contributed by atoms with van der Waals surface area (Å²) in [6.45, 7) is 2.45. The Hall–Kier alpha value is -3.07. The van der Waals surface area contributed by atoms with Crippen molar-refractivity contribution in [2.24, 2.45) is 11.8 Å². The fourth-order valence-corrected chi connectivity index (χ4v) is 5.94. The second-order valence-corrected chi connectivity index (χ2v) is 9.17. The van der Waals surface area contributed by atoms with Crippen LogP contribution in [-0.4, -0.2) is 18.2 Å². The number of fused-ring (bicyclic) bond motifs is 3. The van der Waals surface area contributed by atoms with Gasteiger partial charge >= 0.3 is 5.97 Å². The molecule has 3 atom stereocenters. The topological polar surface area (TPSA) is 46.5 Å². The molecule has 158 valence electrons. The van der Waals surface area contributed by atoms with Crippen LogP contribution in [0.3, 0.4) is 0 Å². The molecular formula is C28H28O3. The number of benzene rings is 3. The van der Waals surface area contributed by atoms with Crippen molar-refractivity contribution in [3.8, 4) is 5.75 Å². The highest BCUT2D eigenvalue weighted by atomic mass is 16.5. The van der Waals surface area contributed by atoms with E-state index in [-0.39, 0.29) is 5.41 Å². The van der Waals surface area contributed by atoms with Gasteiger partial charge in [-0.05, 0) is 89.0 Å². The average molecular weight is 413 g/mol. The highest BCUT2D eigenvalue weighted by Crippen LogP contribution is 2.68. The molecule has 0 radical (unpaired) electrons. The summed E-state index contributed by atoms with van der Waals surface area (Å²) < 4.78 is 5.60. The minimum Gasteiger partial charge on any atom is -0.496 e. The van der Waals surface area contributed by atoms with Crippen LogP contribution in [0.2, 0.25) is 0 Å². The van der Waals surface area contributed by atoms with E-state index in [1.807, 2.05) is 18.2 Å². The maximum absolute atomic E-state index is 11.1. The first kappa shape index (κ1) is 19.9. The molecular weight excluding hydrogens is 384 g/mol. The summed E-state index contributed by atoms with van der Waals surface area (Å²) in [6.07, 6.45) is 4.15. The number of carboxylic acids is 1. The van der Waals surface area contributed by atoms with Gasteiger partial charge in [0.25, 0.3) is 0 Å². The van der Waals surface area contributed by atoms with Crippen molar-refractivity contribution < 1.29 is 14.6 Å². The Kier molecular flexibility index (Phi) is 4.85. The molecule has 1 N–H and O–H groups in total. The predicted molar refractivity (Wildman–Crippen MR) is 122 cm³/mol. The van der Waals surface area contributed by atoms with E-state index in [1.54, 1.807) is 24.8 Å². The molecule has 1 saturated carbocycles. The highest BCUT2D eigenvalue weighted by molar-refractivity contribution is 5.87. The highest BCUT2D eigenvalue weighted by Gasteiger charge is 2.65. The third kappa shape index (κ3) is 3.33. The fourth-order valence-electron chi connectivity index (χ4n) is 5.94. The average Bonchev–Trinajstić information content (AvgIpc) is 3.19. The Morgan fingerprint density at radius 1 is 1.00 bits per heavy atom. The van der Waals surface area contributed by atoms with Gasteiger partial charge in [-0.25, -0.2) is 4.79 Å². The number of carboxylic acid groups (broad SMARTS) is 1. The molecule has 3 aromatic carbocycles. The van der Waals surface area contributed by atoms with Crippen molar-refractivity contribution in [2.75, 3.05) is 7.11 Å². The number of carbonyl (C=O) groups is 1. The Labute approximate surface area is 183 Å². The molecule has 3 unspecified atom stereocenters. The summed E-state index contributed by atoms with van der Waals surface area (Å²) in [4.78, 5) is 11.1. The van der Waals surface area contributed by atoms with Gasteiger partial charge in [0.05, 0.1) is 12.7 Å². The van der Waals surface area contributed by atoms with Crippen molar-refractivity contribution in [3.05, 3.63) is 100 Å². The number of ether oxygens (including phenoxy) is 1. The first-order chi connectivity index (χ1) is 15.0. The van der Waals surface area contributed by atoms with Crippen LogP contribution in [0.25, 0.3) is 0 Å². The van der Waals surface area contributed by atoms with E-state index >= 15 is 0 Å². The maximum atomic E-state index is 11.1. The molecule has 0 heterocycles. The molecule has 0 aromatic heterocycles. The molecule has 0 spiro atoms. The number of methoxy groups -OCH3 is 1. The van der Waals surface area contributed by atoms with Gasteiger partial charge in [-0.1, -0.05) is 55.5 Å². The van der Waals surface area contributed by atoms with E-state index in [4.69, 9.17) is 9.84 Å². The molecule has 2 aliphatic rings. The molecule has 3 nitrogen and oxygen atoms in total. The lowest BCUT2D eigenvalue weighted by Crippen LogP contribution is -2.12. The van der Waals surface area contributed by atoms with E-state index in [9.17, 15) is 4.79 Å². The van der Waals surface area contributed by atoms with Crippen LogP contribution in [0.4, 0.5) is 0 Å². The van der Waals surface area contributed by atoms with Crippen molar-refractivity contribution >= 4 is 5.97 Å². The third-order valence-corrected chi connectivity index (χ3v) is 7.65. The van der Waals surface area contributed by atoms with Crippen LogP contribution < -0.4 is 4.74 Å². The zero-order chi connectivity index (χ0) is 21.6. The summed E-state index contributed by atoms with van der Waals surface area (Å²) >= 11 is 0. The summed E-state index contributed by atoms with van der Waals surface area (Å²) in [5.41, 5.74) is 7.63. The second kappa shape index (κ2) is 7.56. The Morgan fingerprint density at radius 3 is 2.48 bits per heavy atom. The van der Waals surface area contributed by atoms with Gasteiger partial charge in [0.1, 0.15) is 5.75 Å². The number of aryl methyl sites for hydroxylation is 2. The van der Waals surface area contributed by atoms with Gasteiger partial charge < -0.3 is 9.84 Å². The van der Waals surface area contributed by atoms with Crippen molar-refractivity contribution in [1.29, 1.82) is 0 Å². The van der Waals surface area contributed by atoms with Gasteiger partial charge in [-0.3, -0.25) is 0 Å². The van der Waals surface area contributed by atoms with Gasteiger partial charge in [-0.15, -0.1) is 0 Å². The van der Waals surface area contributed by atoms with E-state index in [0.717, 1.165) is 25.0 Å². The van der Waals surface area contributed by atoms with Crippen LogP contribution in [0, 0.1) is 11.8 Å². The zero-order valence-electron chi connectivity index (χ0n) is 18.1. The fraction of sp³-hybridized carbons (Fsp3) is 0.321. The summed E-state index contributed by atoms with van der Waals surface area (Å²) in [7, 11) is 1.75. The molecule has 3 aromatic rings. The molecule has 0 bridgehead atoms. The summed E-state index contributed by atoms with van der Waals surface area (Å²) in [6, 6.07) is 22.5. The predicted octanol–water partition coefficient (Wildman–Crippen LogP) is 5.48. The van der Waals surface area contributed by atoms with Gasteiger partial charge in [0.2, 0.25) is 0 Å². The first-order valence-electron chi connectivity index (χ1n) is 11.1. The second-order valence-electron chi connectivity index (χ2n) is 9.17. The third-order valence-electron chi connectivity index (χ3n) is 7.65. The lowest BCUT2D eigenvalue weighted by atomic mass is 9.85. The lowest BCUT2D eigenvalue weighted by molar-refractivity contribution is 0.0697. The molecule has 0 amide bonds. The Balaban J connectivity index is 1.36. The minimum absolute atomic E-state index is 0.250. The van der Waals surface area contributed by atoms with E-state index in [1.165, 1.54) is 28.7 Å². The largest absolute Gasteiger partial charge is 0.496 e. The van der Waals surface area contributed by atoms with Crippen molar-refractivity contribution in [1.82, 2.24) is 0 Å². The monoisotopic (exact) mass is 412 g/mol. The van der Waals surface area contributed by atoms with E-state index < -0.39 is 5.97 Å². The number of rotatable bonds is 7. The number of aromatic carboxylic acids is 1. The van der Waals surface area contributed by atoms with Gasteiger partial charge in [0.15, 0.2) is 0 Å². The first-order valence-corrected chi connectivity index (χ1v) is 11.1. The lowest BCUT2D eigenvalue weighted by Gasteiger charge is -2.19. The number of para-hydroxylation sites is 1. The number of hydrogen-bond acceptors (Lipinski definition) is 2. The Morgan fingerprint density at radius 2 is 1.74 bits per heavy atom. The SMILES string of the molecule is COc1ccccc1CC1C2Cc3cccc(CCc4ccc(C(=O)O)cc4)c3C12C. The number of hydrogen-bond donors (Lipinski definition) is 1. The van der Waals surface area contributed by atoms with Crippen molar-refractivity contribution in [3.63, 3.8) is 0 Å². The minimum atomic E-state index is -0.874. The molecule has 31 heavy (non-hydrogen) atoms. The van der Waals surface area contributed by atoms with Crippen LogP contribution in [0.15, 0.2) is 66.7 Å². The molecule has 3 heteroatoms. The molecule has 0 saturated heterocycles. The molecule has 5 rings (SSSR count). The van der Waals surface area contributed by atoms with Crippen LogP contribution in [-0.2, 0) is 31.1 Å².